The largest absolute Gasteiger partial charge is 0.412 e. The number of rotatable bonds is 2. The minimum absolute atomic E-state index is 0.700. The number of alkyl halides is 3. The number of nitrogens with one attached hydrogen (secondary N) is 1. The Hall–Kier alpha value is -2.15. The van der Waals surface area contributed by atoms with Crippen molar-refractivity contribution >= 4 is 16.9 Å². The summed E-state index contributed by atoms with van der Waals surface area (Å²) in [6, 6.07) is 2.08. The lowest BCUT2D eigenvalue weighted by atomic mass is 10.1. The topological polar surface area (TPSA) is 37.8 Å². The van der Waals surface area contributed by atoms with E-state index in [-0.39, 0.29) is 0 Å². The molecule has 0 amide bonds. The molecule has 1 aliphatic heterocycles. The molecule has 0 saturated heterocycles. The Balaban J connectivity index is 1.87. The molecule has 1 atom stereocenters. The zero-order chi connectivity index (χ0) is 15.7. The van der Waals surface area contributed by atoms with Gasteiger partial charge in [0, 0.05) is 29.7 Å². The van der Waals surface area contributed by atoms with Gasteiger partial charge < -0.3 is 5.32 Å². The number of halogens is 3. The van der Waals surface area contributed by atoms with Crippen molar-refractivity contribution in [2.24, 2.45) is 0 Å². The molecule has 22 heavy (non-hydrogen) atoms. The summed E-state index contributed by atoms with van der Waals surface area (Å²) in [5, 5.41) is 3.18. The lowest BCUT2D eigenvalue weighted by Gasteiger charge is -2.20. The van der Waals surface area contributed by atoms with Crippen LogP contribution in [0.1, 0.15) is 10.6 Å². The SMILES string of the molecule is Cc1nc(-c2cccnc2)sc1C1=CNC(C(F)(F)F)C=C1. The normalized spacial score (nSPS) is 18.0. The standard InChI is InChI=1S/C15H12F3N3S/c1-9-13(10-4-5-12(20-8-10)15(16,17)18)22-14(21-9)11-3-2-6-19-7-11/h2-8,12,20H,1H3. The summed E-state index contributed by atoms with van der Waals surface area (Å²) < 4.78 is 37.8. The Morgan fingerprint density at radius 3 is 2.73 bits per heavy atom. The maximum atomic E-state index is 12.6. The first-order valence-corrected chi connectivity index (χ1v) is 7.36. The van der Waals surface area contributed by atoms with Gasteiger partial charge in [-0.05, 0) is 19.1 Å². The molecule has 1 aliphatic rings. The molecule has 2 aromatic heterocycles. The Morgan fingerprint density at radius 1 is 1.32 bits per heavy atom. The van der Waals surface area contributed by atoms with E-state index in [1.54, 1.807) is 12.4 Å². The number of hydrogen-bond donors (Lipinski definition) is 1. The fourth-order valence-corrected chi connectivity index (χ4v) is 3.16. The highest BCUT2D eigenvalue weighted by Crippen LogP contribution is 2.34. The Labute approximate surface area is 129 Å². The van der Waals surface area contributed by atoms with Gasteiger partial charge in [0.15, 0.2) is 0 Å². The highest BCUT2D eigenvalue weighted by atomic mass is 32.1. The summed E-state index contributed by atoms with van der Waals surface area (Å²) in [6.45, 7) is 1.84. The first kappa shape index (κ1) is 14.8. The van der Waals surface area contributed by atoms with Gasteiger partial charge in [-0.25, -0.2) is 4.98 Å². The molecular formula is C15H12F3N3S. The van der Waals surface area contributed by atoms with Crippen LogP contribution in [0.5, 0.6) is 0 Å². The van der Waals surface area contributed by atoms with Crippen molar-refractivity contribution in [1.29, 1.82) is 0 Å². The predicted octanol–water partition coefficient (Wildman–Crippen LogP) is 3.94. The van der Waals surface area contributed by atoms with Crippen LogP contribution in [0.4, 0.5) is 13.2 Å². The average Bonchev–Trinajstić information content (AvgIpc) is 2.89. The summed E-state index contributed by atoms with van der Waals surface area (Å²) in [5.74, 6) is 0. The van der Waals surface area contributed by atoms with Crippen molar-refractivity contribution in [2.75, 3.05) is 0 Å². The summed E-state index contributed by atoms with van der Waals surface area (Å²) in [6.07, 6.45) is 3.11. The summed E-state index contributed by atoms with van der Waals surface area (Å²) in [4.78, 5) is 9.38. The first-order valence-electron chi connectivity index (χ1n) is 6.54. The Kier molecular flexibility index (Phi) is 3.74. The fourth-order valence-electron chi connectivity index (χ4n) is 2.10. The van der Waals surface area contributed by atoms with Crippen LogP contribution in [0.3, 0.4) is 0 Å². The number of aryl methyl sites for hydroxylation is 1. The van der Waals surface area contributed by atoms with Crippen LogP contribution < -0.4 is 5.32 Å². The van der Waals surface area contributed by atoms with Crippen LogP contribution in [0.2, 0.25) is 0 Å². The highest BCUT2D eigenvalue weighted by Gasteiger charge is 2.38. The third-order valence-electron chi connectivity index (χ3n) is 3.21. The van der Waals surface area contributed by atoms with Crippen molar-refractivity contribution in [3.63, 3.8) is 0 Å². The van der Waals surface area contributed by atoms with Gasteiger partial charge in [-0.15, -0.1) is 11.3 Å². The van der Waals surface area contributed by atoms with E-state index in [0.29, 0.717) is 5.57 Å². The van der Waals surface area contributed by atoms with Gasteiger partial charge in [0.2, 0.25) is 0 Å². The van der Waals surface area contributed by atoms with Crippen LogP contribution >= 0.6 is 11.3 Å². The summed E-state index contributed by atoms with van der Waals surface area (Å²) >= 11 is 1.44. The highest BCUT2D eigenvalue weighted by molar-refractivity contribution is 7.16. The van der Waals surface area contributed by atoms with Gasteiger partial charge in [-0.2, -0.15) is 13.2 Å². The van der Waals surface area contributed by atoms with Crippen LogP contribution in [0.25, 0.3) is 16.1 Å². The van der Waals surface area contributed by atoms with Crippen molar-refractivity contribution in [3.05, 3.63) is 53.4 Å². The summed E-state index contributed by atoms with van der Waals surface area (Å²) in [7, 11) is 0. The number of aromatic nitrogens is 2. The number of dihydropyridines is 1. The number of pyridine rings is 1. The second-order valence-corrected chi connectivity index (χ2v) is 5.82. The maximum Gasteiger partial charge on any atom is 0.412 e. The monoisotopic (exact) mass is 323 g/mol. The molecule has 2 aromatic rings. The smallest absolute Gasteiger partial charge is 0.376 e. The van der Waals surface area contributed by atoms with Crippen LogP contribution in [-0.2, 0) is 0 Å². The summed E-state index contributed by atoms with van der Waals surface area (Å²) in [5.41, 5.74) is 2.38. The van der Waals surface area contributed by atoms with Crippen LogP contribution in [0.15, 0.2) is 42.9 Å². The van der Waals surface area contributed by atoms with E-state index < -0.39 is 12.2 Å². The van der Waals surface area contributed by atoms with Crippen molar-refractivity contribution in [1.82, 2.24) is 15.3 Å². The van der Waals surface area contributed by atoms with E-state index in [4.69, 9.17) is 0 Å². The minimum atomic E-state index is -4.29. The van der Waals surface area contributed by atoms with Gasteiger partial charge in [0.1, 0.15) is 11.0 Å². The lowest BCUT2D eigenvalue weighted by molar-refractivity contribution is -0.142. The predicted molar refractivity (Wildman–Crippen MR) is 80.2 cm³/mol. The third kappa shape index (κ3) is 2.89. The van der Waals surface area contributed by atoms with E-state index >= 15 is 0 Å². The molecule has 0 aromatic carbocycles. The van der Waals surface area contributed by atoms with Crippen molar-refractivity contribution < 1.29 is 13.2 Å². The van der Waals surface area contributed by atoms with E-state index in [0.717, 1.165) is 27.2 Å². The number of thiazole rings is 1. The van der Waals surface area contributed by atoms with E-state index in [2.05, 4.69) is 15.3 Å². The Morgan fingerprint density at radius 2 is 2.14 bits per heavy atom. The number of hydrogen-bond acceptors (Lipinski definition) is 4. The van der Waals surface area contributed by atoms with E-state index in [1.807, 2.05) is 19.1 Å². The van der Waals surface area contributed by atoms with Gasteiger partial charge in [0.25, 0.3) is 0 Å². The zero-order valence-corrected chi connectivity index (χ0v) is 12.4. The van der Waals surface area contributed by atoms with Crippen molar-refractivity contribution in [3.8, 4) is 10.6 Å². The van der Waals surface area contributed by atoms with Gasteiger partial charge >= 0.3 is 6.18 Å². The van der Waals surface area contributed by atoms with E-state index in [1.165, 1.54) is 23.6 Å². The number of allylic oxidation sites excluding steroid dienone is 2. The molecule has 1 N–H and O–H groups in total. The van der Waals surface area contributed by atoms with Crippen molar-refractivity contribution in [2.45, 2.75) is 19.1 Å². The molecular weight excluding hydrogens is 311 g/mol. The minimum Gasteiger partial charge on any atom is -0.376 e. The van der Waals surface area contributed by atoms with Crippen LogP contribution in [0, 0.1) is 6.92 Å². The maximum absolute atomic E-state index is 12.6. The molecule has 0 spiro atoms. The molecule has 114 valence electrons. The fraction of sp³-hybridized carbons (Fsp3) is 0.200. The third-order valence-corrected chi connectivity index (χ3v) is 4.46. The quantitative estimate of drug-likeness (QED) is 0.909. The van der Waals surface area contributed by atoms with E-state index in [9.17, 15) is 13.2 Å². The molecule has 0 saturated carbocycles. The average molecular weight is 323 g/mol. The molecule has 1 unspecified atom stereocenters. The van der Waals surface area contributed by atoms with Gasteiger partial charge in [0.05, 0.1) is 10.6 Å². The molecule has 7 heteroatoms. The van der Waals surface area contributed by atoms with Crippen LogP contribution in [-0.4, -0.2) is 22.2 Å². The zero-order valence-electron chi connectivity index (χ0n) is 11.6. The second kappa shape index (κ2) is 5.57. The molecule has 0 radical (unpaired) electrons. The number of nitrogens with zero attached hydrogens (tertiary/aromatic N) is 2. The molecule has 0 aliphatic carbocycles. The molecule has 0 bridgehead atoms. The molecule has 3 rings (SSSR count). The second-order valence-electron chi connectivity index (χ2n) is 4.82. The Bertz CT molecular complexity index is 732. The molecule has 3 nitrogen and oxygen atoms in total. The molecule has 0 fully saturated rings. The first-order chi connectivity index (χ1) is 10.4. The molecule has 3 heterocycles. The lowest BCUT2D eigenvalue weighted by Crippen LogP contribution is -2.39. The van der Waals surface area contributed by atoms with Gasteiger partial charge in [-0.3, -0.25) is 4.98 Å². The van der Waals surface area contributed by atoms with Gasteiger partial charge in [-0.1, -0.05) is 12.2 Å².